The molecule has 11 atom stereocenters. The number of aromatic hydroxyl groups is 1. The normalized spacial score (nSPS) is 39.4. The van der Waals surface area contributed by atoms with Crippen LogP contribution in [-0.2, 0) is 35.0 Å². The van der Waals surface area contributed by atoms with E-state index in [4.69, 9.17) is 18.9 Å². The van der Waals surface area contributed by atoms with Crippen LogP contribution in [0.4, 0.5) is 0 Å². The second kappa shape index (κ2) is 11.1. The molecule has 2 aliphatic heterocycles. The third kappa shape index (κ3) is 5.20. The van der Waals surface area contributed by atoms with E-state index < -0.39 is 79.4 Å². The number of carbonyl (C=O) groups excluding carboxylic acids is 2. The molecule has 5 N–H and O–H groups in total. The lowest BCUT2D eigenvalue weighted by Gasteiger charge is -2.41. The predicted molar refractivity (Wildman–Crippen MR) is 137 cm³/mol. The quantitative estimate of drug-likeness (QED) is 0.184. The van der Waals surface area contributed by atoms with Gasteiger partial charge in [-0.3, -0.25) is 4.79 Å². The molecule has 40 heavy (non-hydrogen) atoms. The Bertz CT molecular complexity index is 1190. The standard InChI is InChI=1S/C29H34O11/c1-12-8-18(31)23-14(3)28(36)40-27(23)22-13(2)19(10-17(12)22)38-29-26(35)25(34)24(33)20(39-29)11-37-21(32)9-15-4-6-16(30)7-5-15/h4-7,17-20,22-27,29-31,33-35H,1-3,8-11H2/t17-,18+,19-,20+,22-,23+,24+,25-,26+,27+,29+/m0/s1. The predicted octanol–water partition coefficient (Wildman–Crippen LogP) is 0.282. The van der Waals surface area contributed by atoms with Crippen molar-refractivity contribution in [3.63, 3.8) is 0 Å². The molecule has 11 nitrogen and oxygen atoms in total. The monoisotopic (exact) mass is 558 g/mol. The summed E-state index contributed by atoms with van der Waals surface area (Å²) in [5, 5.41) is 51.7. The van der Waals surface area contributed by atoms with E-state index in [9.17, 15) is 35.1 Å². The van der Waals surface area contributed by atoms with Crippen molar-refractivity contribution < 1.29 is 54.1 Å². The van der Waals surface area contributed by atoms with Crippen molar-refractivity contribution in [1.29, 1.82) is 0 Å². The molecule has 4 fully saturated rings. The number of hydrogen-bond acceptors (Lipinski definition) is 11. The Morgan fingerprint density at radius 3 is 2.40 bits per heavy atom. The maximum absolute atomic E-state index is 12.3. The number of benzene rings is 1. The smallest absolute Gasteiger partial charge is 0.334 e. The van der Waals surface area contributed by atoms with Crippen molar-refractivity contribution in [1.82, 2.24) is 0 Å². The molecule has 0 bridgehead atoms. The van der Waals surface area contributed by atoms with Crippen molar-refractivity contribution in [2.45, 2.75) is 68.3 Å². The van der Waals surface area contributed by atoms with Gasteiger partial charge in [0.1, 0.15) is 42.9 Å². The number of carbonyl (C=O) groups is 2. The summed E-state index contributed by atoms with van der Waals surface area (Å²) in [5.41, 5.74) is 2.12. The van der Waals surface area contributed by atoms with Gasteiger partial charge >= 0.3 is 11.9 Å². The van der Waals surface area contributed by atoms with Crippen molar-refractivity contribution in [2.24, 2.45) is 17.8 Å². The summed E-state index contributed by atoms with van der Waals surface area (Å²) in [6.07, 6.45) is -9.11. The van der Waals surface area contributed by atoms with E-state index in [2.05, 4.69) is 19.7 Å². The zero-order valence-electron chi connectivity index (χ0n) is 21.8. The molecule has 0 unspecified atom stereocenters. The van der Waals surface area contributed by atoms with Gasteiger partial charge in [0.25, 0.3) is 0 Å². The fraction of sp³-hybridized carbons (Fsp3) is 0.517. The summed E-state index contributed by atoms with van der Waals surface area (Å²) in [6, 6.07) is 6.02. The molecule has 0 radical (unpaired) electrons. The zero-order chi connectivity index (χ0) is 28.9. The number of fused-ring (bicyclic) bond motifs is 3. The summed E-state index contributed by atoms with van der Waals surface area (Å²) in [5.74, 6) is -2.37. The van der Waals surface area contributed by atoms with Crippen molar-refractivity contribution in [2.75, 3.05) is 6.61 Å². The fourth-order valence-electron chi connectivity index (χ4n) is 6.24. The van der Waals surface area contributed by atoms with Crippen molar-refractivity contribution in [3.05, 3.63) is 66.3 Å². The summed E-state index contributed by atoms with van der Waals surface area (Å²) < 4.78 is 22.7. The van der Waals surface area contributed by atoms with E-state index in [1.807, 2.05) is 0 Å². The lowest BCUT2D eigenvalue weighted by Crippen LogP contribution is -2.60. The number of phenols is 1. The second-order valence-electron chi connectivity index (χ2n) is 11.0. The van der Waals surface area contributed by atoms with Crippen LogP contribution >= 0.6 is 0 Å². The van der Waals surface area contributed by atoms with Crippen molar-refractivity contribution in [3.8, 4) is 5.75 Å². The summed E-state index contributed by atoms with van der Waals surface area (Å²) in [7, 11) is 0. The molecule has 2 aliphatic carbocycles. The van der Waals surface area contributed by atoms with Crippen LogP contribution in [0.1, 0.15) is 18.4 Å². The lowest BCUT2D eigenvalue weighted by molar-refractivity contribution is -0.308. The van der Waals surface area contributed by atoms with Crippen LogP contribution in [0.3, 0.4) is 0 Å². The number of ether oxygens (including phenoxy) is 4. The Kier molecular flexibility index (Phi) is 7.88. The van der Waals surface area contributed by atoms with Crippen LogP contribution in [0.2, 0.25) is 0 Å². The van der Waals surface area contributed by atoms with Gasteiger partial charge in [-0.15, -0.1) is 0 Å². The molecule has 0 amide bonds. The first-order valence-corrected chi connectivity index (χ1v) is 13.2. The van der Waals surface area contributed by atoms with Gasteiger partial charge in [0.05, 0.1) is 24.5 Å². The average molecular weight is 559 g/mol. The first-order valence-electron chi connectivity index (χ1n) is 13.2. The van der Waals surface area contributed by atoms with Crippen LogP contribution in [0.15, 0.2) is 60.7 Å². The van der Waals surface area contributed by atoms with Crippen LogP contribution < -0.4 is 0 Å². The lowest BCUT2D eigenvalue weighted by atomic mass is 9.81. The third-order valence-corrected chi connectivity index (χ3v) is 8.43. The number of hydrogen-bond donors (Lipinski definition) is 5. The van der Waals surface area contributed by atoms with Gasteiger partial charge in [-0.05, 0) is 42.0 Å². The van der Waals surface area contributed by atoms with Gasteiger partial charge in [0.2, 0.25) is 0 Å². The number of phenolic OH excluding ortho intramolecular Hbond substituents is 1. The molecule has 1 aromatic rings. The minimum atomic E-state index is -1.65. The number of aliphatic hydroxyl groups excluding tert-OH is 4. The molecule has 216 valence electrons. The van der Waals surface area contributed by atoms with Crippen LogP contribution in [-0.4, -0.2) is 93.1 Å². The first-order chi connectivity index (χ1) is 19.0. The van der Waals surface area contributed by atoms with Gasteiger partial charge < -0.3 is 44.5 Å². The average Bonchev–Trinajstić information content (AvgIpc) is 3.36. The molecule has 1 aromatic carbocycles. The second-order valence-corrected chi connectivity index (χ2v) is 11.0. The van der Waals surface area contributed by atoms with Gasteiger partial charge in [0.15, 0.2) is 6.29 Å². The van der Waals surface area contributed by atoms with E-state index >= 15 is 0 Å². The Hall–Kier alpha value is -3.06. The summed E-state index contributed by atoms with van der Waals surface area (Å²) >= 11 is 0. The van der Waals surface area contributed by atoms with Crippen LogP contribution in [0.5, 0.6) is 5.75 Å². The zero-order valence-corrected chi connectivity index (χ0v) is 21.8. The fourth-order valence-corrected chi connectivity index (χ4v) is 6.24. The number of esters is 2. The molecule has 0 spiro atoms. The maximum Gasteiger partial charge on any atom is 0.334 e. The van der Waals surface area contributed by atoms with Crippen LogP contribution in [0.25, 0.3) is 0 Å². The summed E-state index contributed by atoms with van der Waals surface area (Å²) in [4.78, 5) is 24.6. The molecule has 4 aliphatic rings. The topological polar surface area (TPSA) is 172 Å². The first kappa shape index (κ1) is 28.5. The van der Waals surface area contributed by atoms with Gasteiger partial charge in [-0.1, -0.05) is 37.4 Å². The molecule has 5 rings (SSSR count). The molecule has 2 saturated heterocycles. The molecule has 0 aromatic heterocycles. The Balaban J connectivity index is 1.25. The van der Waals surface area contributed by atoms with E-state index in [0.29, 0.717) is 17.6 Å². The third-order valence-electron chi connectivity index (χ3n) is 8.43. The minimum absolute atomic E-state index is 0.0608. The Morgan fingerprint density at radius 1 is 1.00 bits per heavy atom. The molecular formula is C29H34O11. The van der Waals surface area contributed by atoms with E-state index in [0.717, 1.165) is 5.57 Å². The summed E-state index contributed by atoms with van der Waals surface area (Å²) in [6.45, 7) is 11.7. The minimum Gasteiger partial charge on any atom is -0.508 e. The van der Waals surface area contributed by atoms with Gasteiger partial charge in [-0.2, -0.15) is 0 Å². The van der Waals surface area contributed by atoms with Crippen molar-refractivity contribution >= 4 is 11.9 Å². The van der Waals surface area contributed by atoms with Crippen LogP contribution in [0, 0.1) is 17.8 Å². The molecule has 11 heteroatoms. The maximum atomic E-state index is 12.3. The largest absolute Gasteiger partial charge is 0.508 e. The van der Waals surface area contributed by atoms with Gasteiger partial charge in [0, 0.05) is 11.5 Å². The number of aliphatic hydroxyl groups is 4. The highest BCUT2D eigenvalue weighted by atomic mass is 16.7. The SMILES string of the molecule is C=C1C(=O)O[C@@H]2[C@H]3C(=C)[C@@H](O[C@@H]4O[C@H](COC(=O)Cc5ccc(O)cc5)[C@@H](O)[C@H](O)[C@H]4O)C[C@H]3C(=C)C[C@@H](O)[C@@H]12. The highest BCUT2D eigenvalue weighted by Gasteiger charge is 2.57. The van der Waals surface area contributed by atoms with E-state index in [-0.39, 0.29) is 30.1 Å². The van der Waals surface area contributed by atoms with Gasteiger partial charge in [-0.25, -0.2) is 4.79 Å². The van der Waals surface area contributed by atoms with E-state index in [1.165, 1.54) is 12.1 Å². The molecule has 2 saturated carbocycles. The van der Waals surface area contributed by atoms with E-state index in [1.54, 1.807) is 12.1 Å². The highest BCUT2D eigenvalue weighted by Crippen LogP contribution is 2.53. The Labute approximate surface area is 230 Å². The highest BCUT2D eigenvalue weighted by molar-refractivity contribution is 5.91. The Morgan fingerprint density at radius 2 is 1.70 bits per heavy atom. The molecular weight excluding hydrogens is 524 g/mol. The molecule has 2 heterocycles. The number of rotatable bonds is 6.